The first-order valence-electron chi connectivity index (χ1n) is 7.13. The van der Waals surface area contributed by atoms with Crippen molar-refractivity contribution >= 4 is 17.4 Å². The Bertz CT molecular complexity index is 949. The quantitative estimate of drug-likeness (QED) is 0.433. The molecule has 126 valence electrons. The van der Waals surface area contributed by atoms with Gasteiger partial charge in [-0.05, 0) is 24.3 Å². The number of anilines is 1. The van der Waals surface area contributed by atoms with Crippen LogP contribution in [0.1, 0.15) is 26.4 Å². The lowest BCUT2D eigenvalue weighted by Gasteiger charge is -2.03. The van der Waals surface area contributed by atoms with Crippen LogP contribution in [-0.4, -0.2) is 16.7 Å². The Labute approximate surface area is 140 Å². The molecule has 0 aliphatic rings. The average Bonchev–Trinajstić information content (AvgIpc) is 3.04. The number of H-pyrrole nitrogens is 1. The van der Waals surface area contributed by atoms with Crippen LogP contribution in [0.25, 0.3) is 0 Å². The smallest absolute Gasteiger partial charge is 0.272 e. The monoisotopic (exact) mass is 343 g/mol. The number of pyridine rings is 1. The van der Waals surface area contributed by atoms with Gasteiger partial charge in [-0.15, -0.1) is 0 Å². The van der Waals surface area contributed by atoms with E-state index in [9.17, 15) is 23.6 Å². The Morgan fingerprint density at radius 3 is 2.52 bits per heavy atom. The molecule has 1 aromatic carbocycles. The second-order valence-corrected chi connectivity index (χ2v) is 5.13. The van der Waals surface area contributed by atoms with Gasteiger partial charge in [0.1, 0.15) is 23.0 Å². The Kier molecular flexibility index (Phi) is 4.25. The Hall–Kier alpha value is -3.55. The number of ketones is 1. The Morgan fingerprint density at radius 2 is 1.84 bits per heavy atom. The van der Waals surface area contributed by atoms with E-state index >= 15 is 0 Å². The van der Waals surface area contributed by atoms with Gasteiger partial charge in [0.25, 0.3) is 5.91 Å². The number of nitrogens with zero attached hydrogens (tertiary/aromatic N) is 1. The number of aromatic nitrogens is 2. The predicted octanol–water partition coefficient (Wildman–Crippen LogP) is 2.41. The van der Waals surface area contributed by atoms with Gasteiger partial charge in [0.2, 0.25) is 6.20 Å². The van der Waals surface area contributed by atoms with Gasteiger partial charge >= 0.3 is 0 Å². The van der Waals surface area contributed by atoms with E-state index < -0.39 is 28.9 Å². The van der Waals surface area contributed by atoms with Crippen molar-refractivity contribution in [3.63, 3.8) is 0 Å². The van der Waals surface area contributed by atoms with Crippen LogP contribution in [0.3, 0.4) is 0 Å². The van der Waals surface area contributed by atoms with Crippen LogP contribution in [0.15, 0.2) is 55.0 Å². The third-order valence-electron chi connectivity index (χ3n) is 3.41. The first-order valence-corrected chi connectivity index (χ1v) is 7.13. The summed E-state index contributed by atoms with van der Waals surface area (Å²) in [5.41, 5.74) is -0.503. The molecular formula is C17H11F2N3O3. The Balaban J connectivity index is 1.82. The summed E-state index contributed by atoms with van der Waals surface area (Å²) in [7, 11) is 0. The average molecular weight is 343 g/mol. The topological polar surface area (TPSA) is 88.9 Å². The van der Waals surface area contributed by atoms with Gasteiger partial charge in [0.05, 0.1) is 5.56 Å². The number of rotatable bonds is 4. The summed E-state index contributed by atoms with van der Waals surface area (Å²) in [5, 5.41) is 13.6. The van der Waals surface area contributed by atoms with Crippen molar-refractivity contribution in [2.75, 3.05) is 5.32 Å². The third-order valence-corrected chi connectivity index (χ3v) is 3.41. The molecule has 2 N–H and O–H groups in total. The van der Waals surface area contributed by atoms with Gasteiger partial charge in [-0.25, -0.2) is 8.78 Å². The lowest BCUT2D eigenvalue weighted by Crippen LogP contribution is -2.25. The molecule has 3 rings (SSSR count). The zero-order valence-corrected chi connectivity index (χ0v) is 12.6. The van der Waals surface area contributed by atoms with Gasteiger partial charge in [-0.1, -0.05) is 6.07 Å². The van der Waals surface area contributed by atoms with Gasteiger partial charge in [-0.3, -0.25) is 9.59 Å². The maximum atomic E-state index is 13.7. The van der Waals surface area contributed by atoms with Gasteiger partial charge in [0, 0.05) is 17.8 Å². The van der Waals surface area contributed by atoms with Crippen molar-refractivity contribution < 1.29 is 23.1 Å². The van der Waals surface area contributed by atoms with E-state index in [1.807, 2.05) is 0 Å². The molecule has 0 saturated carbocycles. The lowest BCUT2D eigenvalue weighted by atomic mass is 10.0. The van der Waals surface area contributed by atoms with Crippen molar-refractivity contribution in [1.82, 2.24) is 4.98 Å². The molecule has 3 aromatic rings. The number of hydrogen-bond acceptors (Lipinski definition) is 3. The van der Waals surface area contributed by atoms with Gasteiger partial charge < -0.3 is 15.5 Å². The number of carbonyl (C=O) groups is 2. The molecular weight excluding hydrogens is 332 g/mol. The van der Waals surface area contributed by atoms with Crippen molar-refractivity contribution in [3.8, 4) is 0 Å². The SMILES string of the molecule is O=C(Nc1ccc[n+]([O-])c1)c1cc(C(=O)c2c(F)cccc2F)c[nH]1. The van der Waals surface area contributed by atoms with Crippen LogP contribution in [0.4, 0.5) is 14.5 Å². The molecule has 2 heterocycles. The van der Waals surface area contributed by atoms with E-state index in [0.29, 0.717) is 4.73 Å². The summed E-state index contributed by atoms with van der Waals surface area (Å²) in [6, 6.07) is 7.24. The largest absolute Gasteiger partial charge is 0.619 e. The zero-order valence-electron chi connectivity index (χ0n) is 12.6. The molecule has 0 radical (unpaired) electrons. The van der Waals surface area contributed by atoms with Crippen LogP contribution in [0.2, 0.25) is 0 Å². The van der Waals surface area contributed by atoms with Crippen LogP contribution >= 0.6 is 0 Å². The third kappa shape index (κ3) is 3.37. The maximum absolute atomic E-state index is 13.7. The molecule has 6 nitrogen and oxygen atoms in total. The van der Waals surface area contributed by atoms with E-state index in [1.165, 1.54) is 30.6 Å². The van der Waals surface area contributed by atoms with Crippen LogP contribution in [-0.2, 0) is 0 Å². The summed E-state index contributed by atoms with van der Waals surface area (Å²) in [4.78, 5) is 26.9. The number of carbonyl (C=O) groups excluding carboxylic acids is 2. The summed E-state index contributed by atoms with van der Waals surface area (Å²) in [5.74, 6) is -3.47. The fourth-order valence-corrected chi connectivity index (χ4v) is 2.24. The van der Waals surface area contributed by atoms with E-state index in [4.69, 9.17) is 0 Å². The van der Waals surface area contributed by atoms with E-state index in [-0.39, 0.29) is 16.9 Å². The second kappa shape index (κ2) is 6.52. The van der Waals surface area contributed by atoms with Gasteiger partial charge in [-0.2, -0.15) is 4.73 Å². The second-order valence-electron chi connectivity index (χ2n) is 5.13. The molecule has 0 unspecified atom stereocenters. The molecule has 0 saturated heterocycles. The van der Waals surface area contributed by atoms with Crippen LogP contribution < -0.4 is 10.0 Å². The molecule has 0 atom stereocenters. The van der Waals surface area contributed by atoms with Crippen molar-refractivity contribution in [2.45, 2.75) is 0 Å². The molecule has 1 amide bonds. The molecule has 0 aliphatic heterocycles. The first-order chi connectivity index (χ1) is 12.0. The lowest BCUT2D eigenvalue weighted by molar-refractivity contribution is -0.604. The van der Waals surface area contributed by atoms with Crippen LogP contribution in [0.5, 0.6) is 0 Å². The standard InChI is InChI=1S/C17H11F2N3O3/c18-12-4-1-5-13(19)15(12)16(23)10-7-14(20-8-10)17(24)21-11-3-2-6-22(25)9-11/h1-9,20H,(H,21,24). The molecule has 0 aliphatic carbocycles. The normalized spacial score (nSPS) is 10.5. The summed E-state index contributed by atoms with van der Waals surface area (Å²) in [6.07, 6.45) is 3.59. The molecule has 8 heteroatoms. The number of aromatic amines is 1. The van der Waals surface area contributed by atoms with Crippen molar-refractivity contribution in [3.05, 3.63) is 88.7 Å². The van der Waals surface area contributed by atoms with E-state index in [1.54, 1.807) is 0 Å². The summed E-state index contributed by atoms with van der Waals surface area (Å²) in [6.45, 7) is 0. The number of hydrogen-bond donors (Lipinski definition) is 2. The van der Waals surface area contributed by atoms with Gasteiger partial charge in [0.15, 0.2) is 12.0 Å². The first kappa shape index (κ1) is 16.3. The molecule has 25 heavy (non-hydrogen) atoms. The number of benzene rings is 1. The fourth-order valence-electron chi connectivity index (χ4n) is 2.24. The highest BCUT2D eigenvalue weighted by Crippen LogP contribution is 2.18. The highest BCUT2D eigenvalue weighted by Gasteiger charge is 2.21. The zero-order chi connectivity index (χ0) is 18.0. The molecule has 0 bridgehead atoms. The predicted molar refractivity (Wildman–Crippen MR) is 83.9 cm³/mol. The Morgan fingerprint density at radius 1 is 1.12 bits per heavy atom. The fraction of sp³-hybridized carbons (Fsp3) is 0. The number of amides is 1. The number of halogens is 2. The summed E-state index contributed by atoms with van der Waals surface area (Å²) < 4.78 is 27.9. The highest BCUT2D eigenvalue weighted by molar-refractivity contribution is 6.11. The summed E-state index contributed by atoms with van der Waals surface area (Å²) >= 11 is 0. The number of nitrogens with one attached hydrogen (secondary N) is 2. The minimum atomic E-state index is -0.985. The highest BCUT2D eigenvalue weighted by atomic mass is 19.1. The molecule has 2 aromatic heterocycles. The van der Waals surface area contributed by atoms with E-state index in [2.05, 4.69) is 10.3 Å². The molecule has 0 spiro atoms. The molecule has 0 fully saturated rings. The van der Waals surface area contributed by atoms with Crippen LogP contribution in [0, 0.1) is 16.8 Å². The van der Waals surface area contributed by atoms with Crippen molar-refractivity contribution in [1.29, 1.82) is 0 Å². The minimum absolute atomic E-state index is 0.00130. The van der Waals surface area contributed by atoms with Crippen molar-refractivity contribution in [2.24, 2.45) is 0 Å². The minimum Gasteiger partial charge on any atom is -0.619 e. The van der Waals surface area contributed by atoms with E-state index in [0.717, 1.165) is 24.4 Å². The maximum Gasteiger partial charge on any atom is 0.272 e.